The molecule has 0 saturated carbocycles. The van der Waals surface area contributed by atoms with Crippen molar-refractivity contribution in [2.24, 2.45) is 5.10 Å². The van der Waals surface area contributed by atoms with Crippen LogP contribution in [0, 0.1) is 4.77 Å². The second-order valence-electron chi connectivity index (χ2n) is 5.15. The van der Waals surface area contributed by atoms with Gasteiger partial charge >= 0.3 is 0 Å². The zero-order valence-electron chi connectivity index (χ0n) is 13.6. The van der Waals surface area contributed by atoms with Crippen LogP contribution >= 0.6 is 12.2 Å². The van der Waals surface area contributed by atoms with Gasteiger partial charge in [-0.1, -0.05) is 12.1 Å². The summed E-state index contributed by atoms with van der Waals surface area (Å²) in [5.74, 6) is 1.15. The molecule has 0 spiro atoms. The van der Waals surface area contributed by atoms with Crippen molar-refractivity contribution in [1.82, 2.24) is 14.9 Å². The number of rotatable bonds is 6. The first kappa shape index (κ1) is 16.2. The first-order valence-electron chi connectivity index (χ1n) is 7.83. The molecule has 0 bridgehead atoms. The average molecular weight is 341 g/mol. The fraction of sp³-hybridized carbons (Fsp3) is 0.235. The highest BCUT2D eigenvalue weighted by Crippen LogP contribution is 2.18. The third-order valence-electron chi connectivity index (χ3n) is 3.74. The minimum absolute atomic E-state index is 0.414. The summed E-state index contributed by atoms with van der Waals surface area (Å²) in [6.45, 7) is 6.27. The largest absolute Gasteiger partial charge is 0.461 e. The predicted octanol–water partition coefficient (Wildman–Crippen LogP) is 3.93. The second-order valence-corrected chi connectivity index (χ2v) is 5.54. The molecule has 2 heterocycles. The maximum atomic E-state index is 5.36. The van der Waals surface area contributed by atoms with Crippen molar-refractivity contribution in [2.75, 3.05) is 18.0 Å². The van der Waals surface area contributed by atoms with E-state index >= 15 is 0 Å². The Morgan fingerprint density at radius 2 is 2.00 bits per heavy atom. The Labute approximate surface area is 145 Å². The highest BCUT2D eigenvalue weighted by atomic mass is 32.1. The van der Waals surface area contributed by atoms with Gasteiger partial charge in [0.15, 0.2) is 5.76 Å². The maximum absolute atomic E-state index is 5.36. The smallest absolute Gasteiger partial charge is 0.219 e. The number of H-pyrrole nitrogens is 1. The molecule has 3 aromatic rings. The Kier molecular flexibility index (Phi) is 4.90. The molecule has 0 aliphatic heterocycles. The van der Waals surface area contributed by atoms with Crippen LogP contribution in [0.15, 0.2) is 52.2 Å². The zero-order chi connectivity index (χ0) is 16.9. The molecule has 0 fully saturated rings. The van der Waals surface area contributed by atoms with E-state index in [4.69, 9.17) is 16.6 Å². The van der Waals surface area contributed by atoms with Crippen molar-refractivity contribution in [3.05, 3.63) is 53.0 Å². The first-order valence-corrected chi connectivity index (χ1v) is 8.24. The normalized spacial score (nSPS) is 11.2. The Morgan fingerprint density at radius 1 is 1.25 bits per heavy atom. The standard InChI is InChI=1S/C17H19N5OS/c1-3-21(4-2)14-9-7-13(8-10-14)12-18-22-16(19-20-17(22)24)15-6-5-11-23-15/h5-12H,3-4H2,1-2H3,(H,20,24)/b18-12-. The molecule has 0 atom stereocenters. The highest BCUT2D eigenvalue weighted by molar-refractivity contribution is 7.71. The summed E-state index contributed by atoms with van der Waals surface area (Å²) in [4.78, 5) is 2.29. The monoisotopic (exact) mass is 341 g/mol. The number of anilines is 1. The minimum Gasteiger partial charge on any atom is -0.461 e. The highest BCUT2D eigenvalue weighted by Gasteiger charge is 2.10. The van der Waals surface area contributed by atoms with E-state index in [1.807, 2.05) is 18.2 Å². The average Bonchev–Trinajstić information content (AvgIpc) is 3.25. The number of nitrogens with one attached hydrogen (secondary N) is 1. The maximum Gasteiger partial charge on any atom is 0.219 e. The van der Waals surface area contributed by atoms with Crippen molar-refractivity contribution in [1.29, 1.82) is 0 Å². The molecule has 124 valence electrons. The van der Waals surface area contributed by atoms with Gasteiger partial charge in [0.1, 0.15) is 0 Å². The van der Waals surface area contributed by atoms with Crippen LogP contribution in [-0.2, 0) is 0 Å². The number of benzene rings is 1. The first-order chi connectivity index (χ1) is 11.7. The van der Waals surface area contributed by atoms with E-state index in [0.29, 0.717) is 16.4 Å². The molecule has 6 nitrogen and oxygen atoms in total. The lowest BCUT2D eigenvalue weighted by molar-refractivity contribution is 0.573. The van der Waals surface area contributed by atoms with Crippen LogP contribution in [0.3, 0.4) is 0 Å². The summed E-state index contributed by atoms with van der Waals surface area (Å²) < 4.78 is 7.33. The van der Waals surface area contributed by atoms with E-state index in [0.717, 1.165) is 18.7 Å². The molecular formula is C17H19N5OS. The fourth-order valence-corrected chi connectivity index (χ4v) is 2.63. The van der Waals surface area contributed by atoms with E-state index in [-0.39, 0.29) is 0 Å². The lowest BCUT2D eigenvalue weighted by atomic mass is 10.2. The van der Waals surface area contributed by atoms with Crippen molar-refractivity contribution >= 4 is 24.1 Å². The fourth-order valence-electron chi connectivity index (χ4n) is 2.45. The summed E-state index contributed by atoms with van der Waals surface area (Å²) in [6, 6.07) is 11.9. The van der Waals surface area contributed by atoms with E-state index in [1.54, 1.807) is 23.2 Å². The molecule has 3 rings (SSSR count). The third kappa shape index (κ3) is 3.30. The molecule has 1 N–H and O–H groups in total. The summed E-state index contributed by atoms with van der Waals surface area (Å²) in [7, 11) is 0. The molecule has 0 saturated heterocycles. The van der Waals surface area contributed by atoms with Gasteiger partial charge in [-0.2, -0.15) is 9.78 Å². The van der Waals surface area contributed by atoms with Gasteiger partial charge in [-0.3, -0.25) is 0 Å². The van der Waals surface area contributed by atoms with Crippen molar-refractivity contribution in [2.45, 2.75) is 13.8 Å². The van der Waals surface area contributed by atoms with Gasteiger partial charge in [0.05, 0.1) is 12.5 Å². The van der Waals surface area contributed by atoms with Crippen LogP contribution in [0.5, 0.6) is 0 Å². The molecule has 0 aliphatic rings. The number of hydrogen-bond donors (Lipinski definition) is 1. The molecule has 1 aromatic carbocycles. The molecule has 0 amide bonds. The molecule has 0 aliphatic carbocycles. The van der Waals surface area contributed by atoms with Crippen LogP contribution in [0.2, 0.25) is 0 Å². The molecule has 0 radical (unpaired) electrons. The topological polar surface area (TPSA) is 62.4 Å². The second kappa shape index (κ2) is 7.27. The molecule has 2 aromatic heterocycles. The van der Waals surface area contributed by atoms with Gasteiger partial charge in [0.25, 0.3) is 0 Å². The van der Waals surface area contributed by atoms with E-state index in [1.165, 1.54) is 5.69 Å². The van der Waals surface area contributed by atoms with Gasteiger partial charge in [-0.05, 0) is 55.9 Å². The van der Waals surface area contributed by atoms with Gasteiger partial charge < -0.3 is 9.32 Å². The van der Waals surface area contributed by atoms with Gasteiger partial charge in [0, 0.05) is 18.8 Å². The lowest BCUT2D eigenvalue weighted by Gasteiger charge is -2.20. The SMILES string of the molecule is CCN(CC)c1ccc(/C=N\n2c(-c3ccco3)n[nH]c2=S)cc1. The molecular weight excluding hydrogens is 322 g/mol. The summed E-state index contributed by atoms with van der Waals surface area (Å²) in [5.41, 5.74) is 2.19. The predicted molar refractivity (Wildman–Crippen MR) is 98.1 cm³/mol. The number of furan rings is 1. The number of nitrogens with zero attached hydrogens (tertiary/aromatic N) is 4. The van der Waals surface area contributed by atoms with Crippen LogP contribution in [0.25, 0.3) is 11.6 Å². The summed E-state index contributed by atoms with van der Waals surface area (Å²) >= 11 is 5.23. The number of hydrogen-bond acceptors (Lipinski definition) is 5. The van der Waals surface area contributed by atoms with E-state index in [9.17, 15) is 0 Å². The number of aromatic nitrogens is 3. The van der Waals surface area contributed by atoms with E-state index < -0.39 is 0 Å². The van der Waals surface area contributed by atoms with Gasteiger partial charge in [-0.15, -0.1) is 5.10 Å². The third-order valence-corrected chi connectivity index (χ3v) is 4.00. The van der Waals surface area contributed by atoms with Crippen molar-refractivity contribution in [3.8, 4) is 11.6 Å². The van der Waals surface area contributed by atoms with E-state index in [2.05, 4.69) is 46.2 Å². The Balaban J connectivity index is 1.84. The van der Waals surface area contributed by atoms with Crippen LogP contribution in [-0.4, -0.2) is 34.2 Å². The lowest BCUT2D eigenvalue weighted by Crippen LogP contribution is -2.21. The van der Waals surface area contributed by atoms with Crippen LogP contribution in [0.1, 0.15) is 19.4 Å². The van der Waals surface area contributed by atoms with Gasteiger partial charge in [0.2, 0.25) is 10.6 Å². The molecule has 0 unspecified atom stereocenters. The quantitative estimate of drug-likeness (QED) is 0.545. The Bertz CT molecular complexity index is 857. The minimum atomic E-state index is 0.414. The van der Waals surface area contributed by atoms with Crippen LogP contribution < -0.4 is 4.90 Å². The van der Waals surface area contributed by atoms with Crippen molar-refractivity contribution < 1.29 is 4.42 Å². The van der Waals surface area contributed by atoms with Crippen LogP contribution in [0.4, 0.5) is 5.69 Å². The zero-order valence-corrected chi connectivity index (χ0v) is 14.5. The summed E-state index contributed by atoms with van der Waals surface area (Å²) in [6.07, 6.45) is 3.34. The van der Waals surface area contributed by atoms with Gasteiger partial charge in [-0.25, -0.2) is 5.10 Å². The molecule has 7 heteroatoms. The molecule has 24 heavy (non-hydrogen) atoms. The van der Waals surface area contributed by atoms with Crippen molar-refractivity contribution in [3.63, 3.8) is 0 Å². The number of aromatic amines is 1. The summed E-state index contributed by atoms with van der Waals surface area (Å²) in [5, 5.41) is 11.3. The Hall–Kier alpha value is -2.67. The Morgan fingerprint density at radius 3 is 2.62 bits per heavy atom.